The van der Waals surface area contributed by atoms with Crippen LogP contribution in [0.25, 0.3) is 0 Å². The Morgan fingerprint density at radius 2 is 1.85 bits per heavy atom. The maximum absolute atomic E-state index is 13.1. The van der Waals surface area contributed by atoms with Crippen LogP contribution < -0.4 is 16.0 Å². The van der Waals surface area contributed by atoms with E-state index in [0.29, 0.717) is 37.9 Å². The molecule has 1 unspecified atom stereocenters. The molecule has 9 nitrogen and oxygen atoms in total. The Balaban J connectivity index is 2.01. The van der Waals surface area contributed by atoms with Crippen LogP contribution in [0.2, 0.25) is 0 Å². The molecule has 4 atom stereocenters. The van der Waals surface area contributed by atoms with Gasteiger partial charge in [0.2, 0.25) is 5.91 Å². The van der Waals surface area contributed by atoms with Crippen molar-refractivity contribution in [1.29, 1.82) is 0 Å². The van der Waals surface area contributed by atoms with Gasteiger partial charge >= 0.3 is 18.0 Å². The minimum atomic E-state index is -0.867. The van der Waals surface area contributed by atoms with E-state index in [4.69, 9.17) is 10.2 Å². The van der Waals surface area contributed by atoms with E-state index in [0.717, 1.165) is 0 Å². The normalized spacial score (nSPS) is 27.4. The zero-order chi connectivity index (χ0) is 20.0. The summed E-state index contributed by atoms with van der Waals surface area (Å²) in [7, 11) is 0. The SMILES string of the molecule is CC(CCCC(=O)O)NC(=O)[C@@]1(CCCCC(=O)O)SC[C@@H]2NC(=O)N[C@@H]21. The lowest BCUT2D eigenvalue weighted by molar-refractivity contribution is -0.138. The smallest absolute Gasteiger partial charge is 0.315 e. The molecule has 0 bridgehead atoms. The molecular formula is C17H27N3O6S. The average Bonchev–Trinajstić information content (AvgIpc) is 3.09. The van der Waals surface area contributed by atoms with Gasteiger partial charge in [0.15, 0.2) is 0 Å². The topological polar surface area (TPSA) is 145 Å². The van der Waals surface area contributed by atoms with Gasteiger partial charge in [-0.2, -0.15) is 0 Å². The lowest BCUT2D eigenvalue weighted by Crippen LogP contribution is -2.57. The summed E-state index contributed by atoms with van der Waals surface area (Å²) in [5.41, 5.74) is 0. The molecule has 0 saturated carbocycles. The van der Waals surface area contributed by atoms with E-state index < -0.39 is 16.7 Å². The predicted octanol–water partition coefficient (Wildman–Crippen LogP) is 0.927. The summed E-state index contributed by atoms with van der Waals surface area (Å²) in [4.78, 5) is 46.2. The third-order valence-corrected chi connectivity index (χ3v) is 6.69. The first-order valence-electron chi connectivity index (χ1n) is 9.20. The molecule has 2 rings (SSSR count). The molecule has 0 aromatic carbocycles. The van der Waals surface area contributed by atoms with Crippen molar-refractivity contribution in [3.05, 3.63) is 0 Å². The quantitative estimate of drug-likeness (QED) is 0.256. The Morgan fingerprint density at radius 1 is 1.19 bits per heavy atom. The van der Waals surface area contributed by atoms with Crippen molar-refractivity contribution < 1.29 is 29.4 Å². The number of thioether (sulfide) groups is 1. The number of hydrogen-bond acceptors (Lipinski definition) is 5. The molecule has 2 aliphatic heterocycles. The number of nitrogens with one attached hydrogen (secondary N) is 3. The van der Waals surface area contributed by atoms with Gasteiger partial charge in [0.25, 0.3) is 0 Å². The Hall–Kier alpha value is -1.97. The molecule has 2 fully saturated rings. The Bertz CT molecular complexity index is 601. The average molecular weight is 401 g/mol. The van der Waals surface area contributed by atoms with Crippen LogP contribution in [0.15, 0.2) is 0 Å². The third-order valence-electron chi connectivity index (χ3n) is 5.01. The van der Waals surface area contributed by atoms with Gasteiger partial charge in [-0.25, -0.2) is 4.79 Å². The fraction of sp³-hybridized carbons (Fsp3) is 0.765. The number of unbranched alkanes of at least 4 members (excludes halogenated alkanes) is 1. The van der Waals surface area contributed by atoms with Crippen molar-refractivity contribution in [3.63, 3.8) is 0 Å². The van der Waals surface area contributed by atoms with Crippen LogP contribution in [0.4, 0.5) is 4.79 Å². The van der Waals surface area contributed by atoms with E-state index in [-0.39, 0.29) is 42.9 Å². The third kappa shape index (κ3) is 5.50. The van der Waals surface area contributed by atoms with Crippen LogP contribution in [-0.2, 0) is 14.4 Å². The van der Waals surface area contributed by atoms with Crippen molar-refractivity contribution in [2.45, 2.75) is 74.7 Å². The molecule has 5 N–H and O–H groups in total. The van der Waals surface area contributed by atoms with E-state index >= 15 is 0 Å². The number of carboxylic acid groups (broad SMARTS) is 2. The second-order valence-corrected chi connectivity index (χ2v) is 8.51. The zero-order valence-electron chi connectivity index (χ0n) is 15.3. The monoisotopic (exact) mass is 401 g/mol. The molecule has 2 saturated heterocycles. The fourth-order valence-corrected chi connectivity index (χ4v) is 5.27. The second-order valence-electron chi connectivity index (χ2n) is 7.16. The number of aliphatic carboxylic acids is 2. The van der Waals surface area contributed by atoms with Gasteiger partial charge in [-0.1, -0.05) is 6.42 Å². The van der Waals surface area contributed by atoms with Gasteiger partial charge in [-0.3, -0.25) is 14.4 Å². The Morgan fingerprint density at radius 3 is 2.52 bits per heavy atom. The first-order chi connectivity index (χ1) is 12.7. The van der Waals surface area contributed by atoms with Crippen molar-refractivity contribution in [1.82, 2.24) is 16.0 Å². The molecule has 2 heterocycles. The molecule has 2 aliphatic rings. The lowest BCUT2D eigenvalue weighted by Gasteiger charge is -2.33. The largest absolute Gasteiger partial charge is 0.481 e. The fourth-order valence-electron chi connectivity index (χ4n) is 3.63. The first-order valence-corrected chi connectivity index (χ1v) is 10.2. The van der Waals surface area contributed by atoms with Crippen molar-refractivity contribution in [3.8, 4) is 0 Å². The standard InChI is InChI=1S/C17H27N3O6S/c1-10(5-4-7-13(23)24)18-15(25)17(8-3-2-6-12(21)22)14-11(9-27-17)19-16(26)20-14/h10-11,14H,2-9H2,1H3,(H,18,25)(H,21,22)(H,23,24)(H2,19,20,26)/t10?,11-,14-,17-/m0/s1. The molecule has 0 aromatic heterocycles. The summed E-state index contributed by atoms with van der Waals surface area (Å²) in [6, 6.07) is -0.943. The van der Waals surface area contributed by atoms with Crippen molar-refractivity contribution in [2.75, 3.05) is 5.75 Å². The number of amides is 3. The van der Waals surface area contributed by atoms with E-state index in [2.05, 4.69) is 16.0 Å². The molecular weight excluding hydrogens is 374 g/mol. The minimum absolute atomic E-state index is 0.0483. The molecule has 152 valence electrons. The summed E-state index contributed by atoms with van der Waals surface area (Å²) in [6.45, 7) is 1.83. The highest BCUT2D eigenvalue weighted by Crippen LogP contribution is 2.44. The van der Waals surface area contributed by atoms with E-state index in [1.807, 2.05) is 6.92 Å². The molecule has 27 heavy (non-hydrogen) atoms. The van der Waals surface area contributed by atoms with E-state index in [9.17, 15) is 19.2 Å². The van der Waals surface area contributed by atoms with Crippen LogP contribution in [0.5, 0.6) is 0 Å². The zero-order valence-corrected chi connectivity index (χ0v) is 16.1. The van der Waals surface area contributed by atoms with Gasteiger partial charge in [0, 0.05) is 24.6 Å². The highest BCUT2D eigenvalue weighted by Gasteiger charge is 2.57. The molecule has 0 spiro atoms. The van der Waals surface area contributed by atoms with Crippen LogP contribution in [0.3, 0.4) is 0 Å². The molecule has 0 radical (unpaired) electrons. The highest BCUT2D eigenvalue weighted by atomic mass is 32.2. The molecule has 0 aromatic rings. The van der Waals surface area contributed by atoms with Gasteiger partial charge in [0.1, 0.15) is 4.75 Å². The van der Waals surface area contributed by atoms with E-state index in [1.165, 1.54) is 11.8 Å². The number of carbonyl (C=O) groups excluding carboxylic acids is 2. The van der Waals surface area contributed by atoms with Crippen LogP contribution in [-0.4, -0.2) is 62.7 Å². The molecule has 0 aliphatic carbocycles. The Kier molecular flexibility index (Phi) is 7.34. The minimum Gasteiger partial charge on any atom is -0.481 e. The number of carbonyl (C=O) groups is 4. The van der Waals surface area contributed by atoms with Crippen LogP contribution in [0, 0.1) is 0 Å². The maximum atomic E-state index is 13.1. The predicted molar refractivity (Wildman–Crippen MR) is 99.6 cm³/mol. The van der Waals surface area contributed by atoms with Gasteiger partial charge in [-0.15, -0.1) is 11.8 Å². The summed E-state index contributed by atoms with van der Waals surface area (Å²) in [6.07, 6.45) is 2.64. The number of urea groups is 1. The Labute approximate surface area is 162 Å². The summed E-state index contributed by atoms with van der Waals surface area (Å²) in [5.74, 6) is -1.30. The van der Waals surface area contributed by atoms with Gasteiger partial charge in [0.05, 0.1) is 12.1 Å². The first kappa shape index (κ1) is 21.3. The van der Waals surface area contributed by atoms with Gasteiger partial charge < -0.3 is 26.2 Å². The number of rotatable bonds is 11. The summed E-state index contributed by atoms with van der Waals surface area (Å²) < 4.78 is -0.844. The van der Waals surface area contributed by atoms with Crippen LogP contribution >= 0.6 is 11.8 Å². The summed E-state index contributed by atoms with van der Waals surface area (Å²) >= 11 is 1.49. The van der Waals surface area contributed by atoms with Gasteiger partial charge in [-0.05, 0) is 32.6 Å². The molecule has 10 heteroatoms. The highest BCUT2D eigenvalue weighted by molar-refractivity contribution is 8.01. The van der Waals surface area contributed by atoms with Crippen LogP contribution in [0.1, 0.15) is 51.9 Å². The number of carboxylic acids is 2. The maximum Gasteiger partial charge on any atom is 0.315 e. The number of fused-ring (bicyclic) bond motifs is 1. The van der Waals surface area contributed by atoms with Crippen molar-refractivity contribution in [2.24, 2.45) is 0 Å². The second kappa shape index (κ2) is 9.29. The number of hydrogen-bond donors (Lipinski definition) is 5. The summed E-state index contributed by atoms with van der Waals surface area (Å²) in [5, 5.41) is 26.2. The molecule has 3 amide bonds. The van der Waals surface area contributed by atoms with Crippen molar-refractivity contribution >= 4 is 35.6 Å². The lowest BCUT2D eigenvalue weighted by atomic mass is 9.88. The van der Waals surface area contributed by atoms with E-state index in [1.54, 1.807) is 0 Å².